The van der Waals surface area contributed by atoms with Gasteiger partial charge in [0.1, 0.15) is 6.04 Å². The van der Waals surface area contributed by atoms with Gasteiger partial charge in [0.25, 0.3) is 0 Å². The molecular weight excluding hydrogens is 248 g/mol. The molecule has 4 nitrogen and oxygen atoms in total. The summed E-state index contributed by atoms with van der Waals surface area (Å²) in [7, 11) is 0. The monoisotopic (exact) mass is 264 g/mol. The van der Waals surface area contributed by atoms with E-state index in [4.69, 9.17) is 4.74 Å². The van der Waals surface area contributed by atoms with Gasteiger partial charge in [-0.05, 0) is 31.5 Å². The summed E-state index contributed by atoms with van der Waals surface area (Å²) in [6, 6.07) is 5.60. The Kier molecular flexibility index (Phi) is 4.15. The van der Waals surface area contributed by atoms with Crippen LogP contribution in [-0.4, -0.2) is 23.6 Å². The van der Waals surface area contributed by atoms with Gasteiger partial charge in [-0.1, -0.05) is 6.92 Å². The Morgan fingerprint density at radius 3 is 3.06 bits per heavy atom. The van der Waals surface area contributed by atoms with Gasteiger partial charge < -0.3 is 10.1 Å². The summed E-state index contributed by atoms with van der Waals surface area (Å²) in [4.78, 5) is 15.9. The van der Waals surface area contributed by atoms with E-state index in [1.165, 1.54) is 0 Å². The third-order valence-electron chi connectivity index (χ3n) is 2.65. The molecule has 0 radical (unpaired) electrons. The lowest BCUT2D eigenvalue weighted by Gasteiger charge is -2.16. The lowest BCUT2D eigenvalue weighted by molar-refractivity contribution is -0.144. The van der Waals surface area contributed by atoms with Crippen molar-refractivity contribution in [3.05, 3.63) is 23.7 Å². The van der Waals surface area contributed by atoms with Crippen LogP contribution in [0.5, 0.6) is 0 Å². The molecule has 1 aromatic carbocycles. The number of nitrogens with one attached hydrogen (secondary N) is 1. The molecular formula is C13H16N2O2S. The molecule has 1 N–H and O–H groups in total. The van der Waals surface area contributed by atoms with Crippen LogP contribution in [0.4, 0.5) is 5.69 Å². The number of benzene rings is 1. The van der Waals surface area contributed by atoms with Crippen molar-refractivity contribution >= 4 is 33.2 Å². The molecule has 0 spiro atoms. The third kappa shape index (κ3) is 2.79. The second kappa shape index (κ2) is 5.82. The van der Waals surface area contributed by atoms with Gasteiger partial charge in [-0.25, -0.2) is 9.78 Å². The fourth-order valence-electron chi connectivity index (χ4n) is 1.72. The van der Waals surface area contributed by atoms with Gasteiger partial charge in [0.2, 0.25) is 0 Å². The summed E-state index contributed by atoms with van der Waals surface area (Å²) in [5, 5.41) is 3.20. The summed E-state index contributed by atoms with van der Waals surface area (Å²) in [6.07, 6.45) is 0.694. The van der Waals surface area contributed by atoms with Crippen LogP contribution in [0.25, 0.3) is 10.2 Å². The van der Waals surface area contributed by atoms with Gasteiger partial charge in [0, 0.05) is 5.69 Å². The maximum atomic E-state index is 11.7. The number of carbonyl (C=O) groups excluding carboxylic acids is 1. The van der Waals surface area contributed by atoms with Gasteiger partial charge in [-0.15, -0.1) is 11.3 Å². The van der Waals surface area contributed by atoms with Gasteiger partial charge in [-0.3, -0.25) is 0 Å². The van der Waals surface area contributed by atoms with Gasteiger partial charge in [0.05, 0.1) is 22.3 Å². The molecule has 5 heteroatoms. The van der Waals surface area contributed by atoms with E-state index in [2.05, 4.69) is 10.3 Å². The van der Waals surface area contributed by atoms with Gasteiger partial charge in [0.15, 0.2) is 0 Å². The molecule has 0 amide bonds. The minimum atomic E-state index is -0.296. The van der Waals surface area contributed by atoms with E-state index < -0.39 is 0 Å². The van der Waals surface area contributed by atoms with Crippen LogP contribution < -0.4 is 5.32 Å². The number of thiazole rings is 1. The van der Waals surface area contributed by atoms with Crippen molar-refractivity contribution < 1.29 is 9.53 Å². The normalized spacial score (nSPS) is 12.3. The van der Waals surface area contributed by atoms with Crippen molar-refractivity contribution in [1.82, 2.24) is 4.98 Å². The Morgan fingerprint density at radius 2 is 2.33 bits per heavy atom. The minimum Gasteiger partial charge on any atom is -0.464 e. The van der Waals surface area contributed by atoms with Crippen LogP contribution in [-0.2, 0) is 9.53 Å². The maximum absolute atomic E-state index is 11.7. The molecule has 2 rings (SSSR count). The van der Waals surface area contributed by atoms with E-state index in [1.54, 1.807) is 11.3 Å². The van der Waals surface area contributed by atoms with E-state index >= 15 is 0 Å². The van der Waals surface area contributed by atoms with Crippen LogP contribution in [0, 0.1) is 0 Å². The zero-order chi connectivity index (χ0) is 13.0. The van der Waals surface area contributed by atoms with E-state index in [-0.39, 0.29) is 12.0 Å². The highest BCUT2D eigenvalue weighted by Gasteiger charge is 2.17. The average Bonchev–Trinajstić information content (AvgIpc) is 2.83. The van der Waals surface area contributed by atoms with Crippen molar-refractivity contribution in [3.63, 3.8) is 0 Å². The summed E-state index contributed by atoms with van der Waals surface area (Å²) in [5.41, 5.74) is 3.72. The number of ether oxygens (including phenoxy) is 1. The van der Waals surface area contributed by atoms with Crippen molar-refractivity contribution in [3.8, 4) is 0 Å². The van der Waals surface area contributed by atoms with Crippen LogP contribution in [0.15, 0.2) is 23.7 Å². The lowest BCUT2D eigenvalue weighted by Crippen LogP contribution is -2.30. The highest BCUT2D eigenvalue weighted by molar-refractivity contribution is 7.16. The number of anilines is 1. The second-order valence-electron chi connectivity index (χ2n) is 3.89. The minimum absolute atomic E-state index is 0.204. The van der Waals surface area contributed by atoms with Crippen LogP contribution >= 0.6 is 11.3 Å². The predicted molar refractivity (Wildman–Crippen MR) is 74.0 cm³/mol. The van der Waals surface area contributed by atoms with Crippen LogP contribution in [0.2, 0.25) is 0 Å². The first-order chi connectivity index (χ1) is 8.74. The topological polar surface area (TPSA) is 51.2 Å². The standard InChI is InChI=1S/C13H16N2O2S/c1-3-10(13(16)17-4-2)15-9-5-6-11-12(7-9)18-8-14-11/h5-8,10,15H,3-4H2,1-2H3. The number of hydrogen-bond donors (Lipinski definition) is 1. The lowest BCUT2D eigenvalue weighted by atomic mass is 10.2. The smallest absolute Gasteiger partial charge is 0.328 e. The molecule has 0 bridgehead atoms. The number of rotatable bonds is 5. The maximum Gasteiger partial charge on any atom is 0.328 e. The molecule has 2 aromatic rings. The highest BCUT2D eigenvalue weighted by atomic mass is 32.1. The number of carbonyl (C=O) groups is 1. The molecule has 0 aliphatic carbocycles. The highest BCUT2D eigenvalue weighted by Crippen LogP contribution is 2.22. The Bertz CT molecular complexity index is 539. The molecule has 0 fully saturated rings. The zero-order valence-electron chi connectivity index (χ0n) is 10.5. The van der Waals surface area contributed by atoms with Crippen LogP contribution in [0.1, 0.15) is 20.3 Å². The summed E-state index contributed by atoms with van der Waals surface area (Å²) in [6.45, 7) is 4.18. The molecule has 1 unspecified atom stereocenters. The quantitative estimate of drug-likeness (QED) is 0.843. The fourth-order valence-corrected chi connectivity index (χ4v) is 2.43. The fraction of sp³-hybridized carbons (Fsp3) is 0.385. The second-order valence-corrected chi connectivity index (χ2v) is 4.78. The average molecular weight is 264 g/mol. The first kappa shape index (κ1) is 12.8. The summed E-state index contributed by atoms with van der Waals surface area (Å²) < 4.78 is 6.14. The van der Waals surface area contributed by atoms with E-state index in [9.17, 15) is 4.79 Å². The predicted octanol–water partition coefficient (Wildman–Crippen LogP) is 3.05. The van der Waals surface area contributed by atoms with Crippen molar-refractivity contribution in [1.29, 1.82) is 0 Å². The summed E-state index contributed by atoms with van der Waals surface area (Å²) in [5.74, 6) is -0.204. The Balaban J connectivity index is 2.13. The van der Waals surface area contributed by atoms with E-state index in [0.717, 1.165) is 15.9 Å². The van der Waals surface area contributed by atoms with Gasteiger partial charge >= 0.3 is 5.97 Å². The van der Waals surface area contributed by atoms with Crippen molar-refractivity contribution in [2.45, 2.75) is 26.3 Å². The van der Waals surface area contributed by atoms with E-state index in [1.807, 2.05) is 37.6 Å². The molecule has 1 atom stereocenters. The number of hydrogen-bond acceptors (Lipinski definition) is 5. The molecule has 0 saturated carbocycles. The molecule has 1 heterocycles. The summed E-state index contributed by atoms with van der Waals surface area (Å²) >= 11 is 1.59. The largest absolute Gasteiger partial charge is 0.464 e. The number of aromatic nitrogens is 1. The van der Waals surface area contributed by atoms with Crippen LogP contribution in [0.3, 0.4) is 0 Å². The first-order valence-corrected chi connectivity index (χ1v) is 6.89. The first-order valence-electron chi connectivity index (χ1n) is 6.01. The SMILES string of the molecule is CCOC(=O)C(CC)Nc1ccc2ncsc2c1. The van der Waals surface area contributed by atoms with Gasteiger partial charge in [-0.2, -0.15) is 0 Å². The zero-order valence-corrected chi connectivity index (χ0v) is 11.3. The van der Waals surface area contributed by atoms with Crippen molar-refractivity contribution in [2.24, 2.45) is 0 Å². The number of nitrogens with zero attached hydrogens (tertiary/aromatic N) is 1. The number of esters is 1. The molecule has 1 aromatic heterocycles. The van der Waals surface area contributed by atoms with Crippen molar-refractivity contribution in [2.75, 3.05) is 11.9 Å². The molecule has 96 valence electrons. The molecule has 0 saturated heterocycles. The number of fused-ring (bicyclic) bond motifs is 1. The third-order valence-corrected chi connectivity index (χ3v) is 3.44. The Hall–Kier alpha value is -1.62. The Morgan fingerprint density at radius 1 is 1.50 bits per heavy atom. The molecule has 0 aliphatic heterocycles. The Labute approximate surface area is 110 Å². The van der Waals surface area contributed by atoms with E-state index in [0.29, 0.717) is 13.0 Å². The molecule has 0 aliphatic rings. The molecule has 18 heavy (non-hydrogen) atoms.